The second kappa shape index (κ2) is 17.6. The number of hydrogen-bond acceptors (Lipinski definition) is 13. The van der Waals surface area contributed by atoms with Crippen LogP contribution in [0.2, 0.25) is 0 Å². The zero-order valence-electron chi connectivity index (χ0n) is 29.7. The van der Waals surface area contributed by atoms with Crippen molar-refractivity contribution in [1.82, 2.24) is 0 Å². The second-order valence-electron chi connectivity index (χ2n) is 12.7. The number of esters is 4. The van der Waals surface area contributed by atoms with Crippen LogP contribution in [0.1, 0.15) is 55.3 Å². The van der Waals surface area contributed by atoms with E-state index >= 15 is 0 Å². The van der Waals surface area contributed by atoms with E-state index in [0.717, 1.165) is 0 Å². The van der Waals surface area contributed by atoms with Gasteiger partial charge >= 0.3 is 23.9 Å². The fraction of sp³-hybridized carbons (Fsp3) is 0.317. The van der Waals surface area contributed by atoms with Gasteiger partial charge in [-0.3, -0.25) is 0 Å². The smallest absolute Gasteiger partial charge is 0.338 e. The Balaban J connectivity index is 1.35. The standard InChI is InChI=1S/C41H40O13/c1-24-31(50-36(43)26-16-8-4-9-17-26)30(42)33(52-38(45)28-20-12-6-13-21-28)41(49-24)54-34-32(51-37(44)27-18-10-5-11-19-27)25(2)48-40(47-3)35(34)53-39(46)29-22-14-7-15-23-29/h4-25,30-35,40-42H,1-3H3/t24-,25-,30+,31-,32-,33+,34+,35+,40+,41-/m0/s1. The van der Waals surface area contributed by atoms with E-state index in [2.05, 4.69) is 0 Å². The fourth-order valence-electron chi connectivity index (χ4n) is 6.22. The van der Waals surface area contributed by atoms with Gasteiger partial charge in [0.2, 0.25) is 0 Å². The maximum Gasteiger partial charge on any atom is 0.338 e. The first-order valence-corrected chi connectivity index (χ1v) is 17.4. The van der Waals surface area contributed by atoms with Gasteiger partial charge in [0.15, 0.2) is 37.0 Å². The van der Waals surface area contributed by atoms with Crippen LogP contribution in [0.15, 0.2) is 121 Å². The maximum atomic E-state index is 13.5. The quantitative estimate of drug-likeness (QED) is 0.166. The van der Waals surface area contributed by atoms with Gasteiger partial charge in [-0.05, 0) is 62.4 Å². The molecule has 1 N–H and O–H groups in total. The van der Waals surface area contributed by atoms with Gasteiger partial charge in [0.1, 0.15) is 12.2 Å². The van der Waals surface area contributed by atoms with E-state index in [-0.39, 0.29) is 22.3 Å². The van der Waals surface area contributed by atoms with E-state index in [1.54, 1.807) is 123 Å². The van der Waals surface area contributed by atoms with E-state index < -0.39 is 85.3 Å². The molecule has 4 aromatic carbocycles. The minimum atomic E-state index is -1.69. The van der Waals surface area contributed by atoms with Gasteiger partial charge in [0.25, 0.3) is 0 Å². The van der Waals surface area contributed by atoms with E-state index in [4.69, 9.17) is 37.9 Å². The lowest BCUT2D eigenvalue weighted by molar-refractivity contribution is -0.349. The summed E-state index contributed by atoms with van der Waals surface area (Å²) in [6.45, 7) is 3.16. The molecular formula is C41H40O13. The molecule has 54 heavy (non-hydrogen) atoms. The van der Waals surface area contributed by atoms with Crippen LogP contribution in [0, 0.1) is 0 Å². The number of hydrogen-bond donors (Lipinski definition) is 1. The van der Waals surface area contributed by atoms with Crippen LogP contribution in [-0.4, -0.2) is 97.5 Å². The summed E-state index contributed by atoms with van der Waals surface area (Å²) in [5, 5.41) is 11.8. The molecule has 2 saturated heterocycles. The average Bonchev–Trinajstić information content (AvgIpc) is 3.21. The number of carbonyl (C=O) groups is 4. The normalized spacial score (nSPS) is 27.9. The summed E-state index contributed by atoms with van der Waals surface area (Å²) in [6, 6.07) is 32.6. The molecule has 4 aromatic rings. The van der Waals surface area contributed by atoms with Crippen LogP contribution in [0.3, 0.4) is 0 Å². The topological polar surface area (TPSA) is 162 Å². The van der Waals surface area contributed by atoms with Gasteiger partial charge in [-0.15, -0.1) is 0 Å². The van der Waals surface area contributed by atoms with Crippen LogP contribution in [0.25, 0.3) is 0 Å². The van der Waals surface area contributed by atoms with Crippen LogP contribution in [-0.2, 0) is 37.9 Å². The number of aliphatic hydroxyl groups excluding tert-OH is 1. The number of rotatable bonds is 11. The van der Waals surface area contributed by atoms with E-state index in [1.165, 1.54) is 19.2 Å². The monoisotopic (exact) mass is 740 g/mol. The molecule has 2 aliphatic rings. The van der Waals surface area contributed by atoms with Crippen LogP contribution in [0.5, 0.6) is 0 Å². The summed E-state index contributed by atoms with van der Waals surface area (Å²) < 4.78 is 48.0. The molecule has 0 spiro atoms. The minimum absolute atomic E-state index is 0.156. The summed E-state index contributed by atoms with van der Waals surface area (Å²) in [6.07, 6.45) is -13.5. The second-order valence-corrected chi connectivity index (χ2v) is 12.7. The van der Waals surface area contributed by atoms with E-state index in [9.17, 15) is 24.3 Å². The molecule has 6 rings (SSSR count). The van der Waals surface area contributed by atoms with Crippen molar-refractivity contribution in [2.24, 2.45) is 0 Å². The van der Waals surface area contributed by atoms with Gasteiger partial charge in [-0.1, -0.05) is 72.8 Å². The molecule has 0 amide bonds. The molecule has 2 aliphatic heterocycles. The Morgan fingerprint density at radius 2 is 0.796 bits per heavy atom. The fourth-order valence-corrected chi connectivity index (χ4v) is 6.22. The third kappa shape index (κ3) is 8.84. The van der Waals surface area contributed by atoms with Crippen LogP contribution >= 0.6 is 0 Å². The van der Waals surface area contributed by atoms with Crippen LogP contribution in [0.4, 0.5) is 0 Å². The number of methoxy groups -OCH3 is 1. The predicted octanol–water partition coefficient (Wildman–Crippen LogP) is 4.77. The highest BCUT2D eigenvalue weighted by atomic mass is 16.8. The molecule has 0 radical (unpaired) electrons. The average molecular weight is 741 g/mol. The van der Waals surface area contributed by atoms with Crippen molar-refractivity contribution in [3.8, 4) is 0 Å². The third-order valence-electron chi connectivity index (χ3n) is 9.01. The molecule has 2 heterocycles. The van der Waals surface area contributed by atoms with E-state index in [0.29, 0.717) is 0 Å². The highest BCUT2D eigenvalue weighted by molar-refractivity contribution is 5.91. The number of ether oxygens (including phenoxy) is 8. The molecule has 282 valence electrons. The third-order valence-corrected chi connectivity index (χ3v) is 9.01. The molecule has 0 saturated carbocycles. The summed E-state index contributed by atoms with van der Waals surface area (Å²) in [4.78, 5) is 53.6. The van der Waals surface area contributed by atoms with Gasteiger partial charge in [0.05, 0.1) is 34.5 Å². The van der Waals surface area contributed by atoms with Crippen LogP contribution < -0.4 is 0 Å². The first kappa shape index (κ1) is 38.3. The van der Waals surface area contributed by atoms with Crippen molar-refractivity contribution in [2.45, 2.75) is 75.3 Å². The lowest BCUT2D eigenvalue weighted by Crippen LogP contribution is -2.65. The first-order chi connectivity index (χ1) is 26.1. The molecule has 0 aliphatic carbocycles. The Hall–Kier alpha value is -5.44. The van der Waals surface area contributed by atoms with Gasteiger partial charge in [-0.25, -0.2) is 19.2 Å². The molecular weight excluding hydrogens is 700 g/mol. The molecule has 0 aromatic heterocycles. The van der Waals surface area contributed by atoms with Crippen molar-refractivity contribution in [3.05, 3.63) is 144 Å². The molecule has 13 heteroatoms. The Labute approximate surface area is 311 Å². The lowest BCUT2D eigenvalue weighted by atomic mass is 9.96. The Bertz CT molecular complexity index is 1860. The molecule has 0 unspecified atom stereocenters. The first-order valence-electron chi connectivity index (χ1n) is 17.4. The number of benzene rings is 4. The molecule has 10 atom stereocenters. The van der Waals surface area contributed by atoms with Crippen molar-refractivity contribution >= 4 is 23.9 Å². The zero-order valence-corrected chi connectivity index (χ0v) is 29.7. The predicted molar refractivity (Wildman–Crippen MR) is 189 cm³/mol. The maximum absolute atomic E-state index is 13.5. The minimum Gasteiger partial charge on any atom is -0.453 e. The van der Waals surface area contributed by atoms with E-state index in [1.807, 2.05) is 0 Å². The zero-order chi connectivity index (χ0) is 38.2. The van der Waals surface area contributed by atoms with Crippen molar-refractivity contribution in [2.75, 3.05) is 7.11 Å². The van der Waals surface area contributed by atoms with Gasteiger partial charge in [0, 0.05) is 7.11 Å². The van der Waals surface area contributed by atoms with Gasteiger partial charge < -0.3 is 43.0 Å². The lowest BCUT2D eigenvalue weighted by Gasteiger charge is -2.47. The Morgan fingerprint density at radius 3 is 1.20 bits per heavy atom. The molecule has 0 bridgehead atoms. The molecule has 13 nitrogen and oxygen atoms in total. The number of aliphatic hydroxyl groups is 1. The van der Waals surface area contributed by atoms with Crippen molar-refractivity contribution < 1.29 is 62.2 Å². The van der Waals surface area contributed by atoms with Crippen molar-refractivity contribution in [1.29, 1.82) is 0 Å². The summed E-state index contributed by atoms with van der Waals surface area (Å²) in [5.41, 5.74) is 0.813. The Morgan fingerprint density at radius 1 is 0.463 bits per heavy atom. The highest BCUT2D eigenvalue weighted by Crippen LogP contribution is 2.35. The summed E-state index contributed by atoms with van der Waals surface area (Å²) >= 11 is 0. The Kier molecular flexibility index (Phi) is 12.5. The largest absolute Gasteiger partial charge is 0.453 e. The summed E-state index contributed by atoms with van der Waals surface area (Å²) in [5.74, 6) is -3.08. The summed E-state index contributed by atoms with van der Waals surface area (Å²) in [7, 11) is 1.34. The SMILES string of the molecule is CO[C@@H]1O[C@@H](C)[C@H](OC(=O)c2ccccc2)[C@@H](O[C@@H]2O[C@@H](C)[C@H](OC(=O)c3ccccc3)[C@@H](O)[C@H]2OC(=O)c2ccccc2)[C@H]1OC(=O)c1ccccc1. The highest BCUT2D eigenvalue weighted by Gasteiger charge is 2.55. The number of carbonyl (C=O) groups excluding carboxylic acids is 4. The van der Waals surface area contributed by atoms with Crippen molar-refractivity contribution in [3.63, 3.8) is 0 Å². The molecule has 2 fully saturated rings. The van der Waals surface area contributed by atoms with Gasteiger partial charge in [-0.2, -0.15) is 0 Å².